The Bertz CT molecular complexity index is 875. The zero-order chi connectivity index (χ0) is 18.9. The number of nitrogens with one attached hydrogen (secondary N) is 2. The second-order valence-electron chi connectivity index (χ2n) is 6.00. The highest BCUT2D eigenvalue weighted by atomic mass is 16.5. The zero-order valence-corrected chi connectivity index (χ0v) is 15.6. The van der Waals surface area contributed by atoms with Crippen molar-refractivity contribution in [3.63, 3.8) is 0 Å². The highest BCUT2D eigenvalue weighted by Crippen LogP contribution is 2.11. The van der Waals surface area contributed by atoms with Crippen LogP contribution in [0.5, 0.6) is 5.88 Å². The fraction of sp³-hybridized carbons (Fsp3) is 0.250. The molecule has 0 aliphatic carbocycles. The van der Waals surface area contributed by atoms with E-state index in [1.54, 1.807) is 19.4 Å². The summed E-state index contributed by atoms with van der Waals surface area (Å²) in [6, 6.07) is 15.9. The first kappa shape index (κ1) is 18.4. The third-order valence-corrected chi connectivity index (χ3v) is 4.07. The predicted molar refractivity (Wildman–Crippen MR) is 105 cm³/mol. The molecule has 0 spiro atoms. The van der Waals surface area contributed by atoms with Crippen molar-refractivity contribution in [2.75, 3.05) is 7.05 Å². The van der Waals surface area contributed by atoms with Gasteiger partial charge in [-0.1, -0.05) is 30.3 Å². The number of pyridine rings is 1. The molecule has 0 unspecified atom stereocenters. The number of aliphatic imine (C=N–C) groups is 1. The molecule has 3 rings (SSSR count). The molecule has 140 valence electrons. The van der Waals surface area contributed by atoms with Crippen molar-refractivity contribution in [1.29, 1.82) is 0 Å². The molecule has 2 aromatic heterocycles. The van der Waals surface area contributed by atoms with E-state index >= 15 is 0 Å². The summed E-state index contributed by atoms with van der Waals surface area (Å²) in [4.78, 5) is 8.52. The van der Waals surface area contributed by atoms with Crippen molar-refractivity contribution >= 4 is 5.96 Å². The van der Waals surface area contributed by atoms with Crippen molar-refractivity contribution < 1.29 is 4.74 Å². The Morgan fingerprint density at radius 3 is 2.59 bits per heavy atom. The molecule has 7 heteroatoms. The first-order valence-electron chi connectivity index (χ1n) is 8.77. The van der Waals surface area contributed by atoms with Gasteiger partial charge in [0.25, 0.3) is 0 Å². The van der Waals surface area contributed by atoms with E-state index in [1.807, 2.05) is 60.3 Å². The van der Waals surface area contributed by atoms with Gasteiger partial charge in [-0.2, -0.15) is 5.10 Å². The van der Waals surface area contributed by atoms with Crippen molar-refractivity contribution in [3.8, 4) is 5.88 Å². The molecule has 0 fully saturated rings. The van der Waals surface area contributed by atoms with Gasteiger partial charge in [0.2, 0.25) is 5.88 Å². The molecule has 3 aromatic rings. The highest BCUT2D eigenvalue weighted by molar-refractivity contribution is 5.79. The SMILES string of the molecule is CN=C(NCc1ccnc(OCc2ccccc2)c1)NCc1ccnn1C. The van der Waals surface area contributed by atoms with Gasteiger partial charge >= 0.3 is 0 Å². The van der Waals surface area contributed by atoms with Crippen LogP contribution in [-0.4, -0.2) is 27.8 Å². The summed E-state index contributed by atoms with van der Waals surface area (Å²) in [7, 11) is 3.67. The summed E-state index contributed by atoms with van der Waals surface area (Å²) in [6.07, 6.45) is 3.53. The summed E-state index contributed by atoms with van der Waals surface area (Å²) in [5, 5.41) is 10.7. The summed E-state index contributed by atoms with van der Waals surface area (Å²) < 4.78 is 7.61. The quantitative estimate of drug-likeness (QED) is 0.497. The van der Waals surface area contributed by atoms with Crippen LogP contribution >= 0.6 is 0 Å². The van der Waals surface area contributed by atoms with Gasteiger partial charge < -0.3 is 15.4 Å². The molecule has 0 atom stereocenters. The van der Waals surface area contributed by atoms with Crippen LogP contribution < -0.4 is 15.4 Å². The fourth-order valence-corrected chi connectivity index (χ4v) is 2.53. The normalized spacial score (nSPS) is 11.3. The number of aromatic nitrogens is 3. The molecule has 2 N–H and O–H groups in total. The predicted octanol–water partition coefficient (Wildman–Crippen LogP) is 2.26. The van der Waals surface area contributed by atoms with E-state index in [1.165, 1.54) is 0 Å². The second kappa shape index (κ2) is 9.38. The average Bonchev–Trinajstić information content (AvgIpc) is 3.12. The molecule has 0 bridgehead atoms. The van der Waals surface area contributed by atoms with E-state index in [2.05, 4.69) is 25.7 Å². The number of ether oxygens (including phenoxy) is 1. The van der Waals surface area contributed by atoms with Gasteiger partial charge in [0, 0.05) is 39.1 Å². The Labute approximate surface area is 159 Å². The van der Waals surface area contributed by atoms with Crippen LogP contribution in [0.25, 0.3) is 0 Å². The van der Waals surface area contributed by atoms with Gasteiger partial charge in [-0.25, -0.2) is 4.98 Å². The maximum absolute atomic E-state index is 5.78. The van der Waals surface area contributed by atoms with E-state index < -0.39 is 0 Å². The van der Waals surface area contributed by atoms with Crippen LogP contribution in [0, 0.1) is 0 Å². The smallest absolute Gasteiger partial charge is 0.213 e. The van der Waals surface area contributed by atoms with Crippen molar-refractivity contribution in [3.05, 3.63) is 77.7 Å². The average molecular weight is 364 g/mol. The Balaban J connectivity index is 1.50. The minimum atomic E-state index is 0.499. The molecule has 0 amide bonds. The fourth-order valence-electron chi connectivity index (χ4n) is 2.53. The molecule has 7 nitrogen and oxygen atoms in total. The summed E-state index contributed by atoms with van der Waals surface area (Å²) in [5.74, 6) is 1.33. The van der Waals surface area contributed by atoms with Gasteiger partial charge in [-0.15, -0.1) is 0 Å². The van der Waals surface area contributed by atoms with Crippen LogP contribution in [0.3, 0.4) is 0 Å². The third-order valence-electron chi connectivity index (χ3n) is 4.07. The molecule has 0 aliphatic heterocycles. The summed E-state index contributed by atoms with van der Waals surface area (Å²) in [6.45, 7) is 1.77. The Hall–Kier alpha value is -3.35. The summed E-state index contributed by atoms with van der Waals surface area (Å²) >= 11 is 0. The number of benzene rings is 1. The van der Waals surface area contributed by atoms with E-state index in [0.29, 0.717) is 25.6 Å². The number of hydrogen-bond donors (Lipinski definition) is 2. The van der Waals surface area contributed by atoms with E-state index in [4.69, 9.17) is 4.74 Å². The largest absolute Gasteiger partial charge is 0.473 e. The van der Waals surface area contributed by atoms with Crippen LogP contribution in [0.15, 0.2) is 65.9 Å². The lowest BCUT2D eigenvalue weighted by Gasteiger charge is -2.12. The molecule has 0 saturated heterocycles. The van der Waals surface area contributed by atoms with Gasteiger partial charge in [-0.3, -0.25) is 9.67 Å². The number of rotatable bonds is 7. The van der Waals surface area contributed by atoms with Gasteiger partial charge in [0.15, 0.2) is 5.96 Å². The standard InChI is InChI=1S/C20H24N6O/c1-21-20(24-14-18-9-11-25-26(18)2)23-13-17-8-10-22-19(12-17)27-15-16-6-4-3-5-7-16/h3-12H,13-15H2,1-2H3,(H2,21,23,24). The Morgan fingerprint density at radius 1 is 1.04 bits per heavy atom. The molecule has 2 heterocycles. The minimum Gasteiger partial charge on any atom is -0.473 e. The lowest BCUT2D eigenvalue weighted by Crippen LogP contribution is -2.36. The first-order chi connectivity index (χ1) is 13.2. The maximum Gasteiger partial charge on any atom is 0.213 e. The van der Waals surface area contributed by atoms with E-state index in [-0.39, 0.29) is 0 Å². The van der Waals surface area contributed by atoms with Crippen LogP contribution in [-0.2, 0) is 26.7 Å². The molecule has 27 heavy (non-hydrogen) atoms. The van der Waals surface area contributed by atoms with Gasteiger partial charge in [0.1, 0.15) is 6.61 Å². The van der Waals surface area contributed by atoms with Crippen LogP contribution in [0.4, 0.5) is 0 Å². The number of hydrogen-bond acceptors (Lipinski definition) is 4. The topological polar surface area (TPSA) is 76.4 Å². The minimum absolute atomic E-state index is 0.499. The molecular weight excluding hydrogens is 340 g/mol. The van der Waals surface area contributed by atoms with Crippen molar-refractivity contribution in [1.82, 2.24) is 25.4 Å². The maximum atomic E-state index is 5.78. The van der Waals surface area contributed by atoms with E-state index in [9.17, 15) is 0 Å². The van der Waals surface area contributed by atoms with Gasteiger partial charge in [-0.05, 0) is 23.3 Å². The van der Waals surface area contributed by atoms with Crippen LogP contribution in [0.1, 0.15) is 16.8 Å². The van der Waals surface area contributed by atoms with Crippen molar-refractivity contribution in [2.24, 2.45) is 12.0 Å². The molecule has 1 aromatic carbocycles. The number of nitrogens with zero attached hydrogens (tertiary/aromatic N) is 4. The molecule has 0 aliphatic rings. The van der Waals surface area contributed by atoms with Gasteiger partial charge in [0.05, 0.1) is 12.2 Å². The monoisotopic (exact) mass is 364 g/mol. The van der Waals surface area contributed by atoms with Crippen LogP contribution in [0.2, 0.25) is 0 Å². The first-order valence-corrected chi connectivity index (χ1v) is 8.77. The third kappa shape index (κ3) is 5.57. The molecule has 0 radical (unpaired) electrons. The zero-order valence-electron chi connectivity index (χ0n) is 15.6. The summed E-state index contributed by atoms with van der Waals surface area (Å²) in [5.41, 5.74) is 3.26. The lowest BCUT2D eigenvalue weighted by molar-refractivity contribution is 0.293. The Kier molecular flexibility index (Phi) is 6.40. The molecule has 0 saturated carbocycles. The van der Waals surface area contributed by atoms with E-state index in [0.717, 1.165) is 22.8 Å². The molecular formula is C20H24N6O. The second-order valence-corrected chi connectivity index (χ2v) is 6.00. The highest BCUT2D eigenvalue weighted by Gasteiger charge is 2.03. The Morgan fingerprint density at radius 2 is 1.85 bits per heavy atom. The number of guanidine groups is 1. The number of aryl methyl sites for hydroxylation is 1. The lowest BCUT2D eigenvalue weighted by atomic mass is 10.2. The van der Waals surface area contributed by atoms with Crippen molar-refractivity contribution in [2.45, 2.75) is 19.7 Å².